The molecule has 1 aromatic carbocycles. The number of nitriles is 1. The Morgan fingerprint density at radius 3 is 2.74 bits per heavy atom. The number of hydrogen-bond acceptors (Lipinski definition) is 8. The number of hydrogen-bond donors (Lipinski definition) is 4. The topological polar surface area (TPSA) is 100 Å². The van der Waals surface area contributed by atoms with Gasteiger partial charge < -0.3 is 16.1 Å². The van der Waals surface area contributed by atoms with Gasteiger partial charge in [-0.3, -0.25) is 15.0 Å². The summed E-state index contributed by atoms with van der Waals surface area (Å²) in [5.74, 6) is 0. The van der Waals surface area contributed by atoms with Crippen LogP contribution in [-0.2, 0) is 0 Å². The lowest BCUT2D eigenvalue weighted by atomic mass is 9.96. The second kappa shape index (κ2) is 11.2. The van der Waals surface area contributed by atoms with Gasteiger partial charge in [0, 0.05) is 42.4 Å². The molecule has 206 valence electrons. The van der Waals surface area contributed by atoms with Gasteiger partial charge in [-0.1, -0.05) is 45.0 Å². The predicted molar refractivity (Wildman–Crippen MR) is 153 cm³/mol. The minimum absolute atomic E-state index is 0.0340. The first kappa shape index (κ1) is 28.3. The number of halogens is 3. The van der Waals surface area contributed by atoms with Gasteiger partial charge in [0.05, 0.1) is 33.5 Å². The van der Waals surface area contributed by atoms with Crippen molar-refractivity contribution in [2.24, 2.45) is 10.4 Å². The fourth-order valence-electron chi connectivity index (χ4n) is 4.22. The largest absolute Gasteiger partial charge is 0.383 e. The lowest BCUT2D eigenvalue weighted by Gasteiger charge is -2.25. The van der Waals surface area contributed by atoms with Gasteiger partial charge in [0.15, 0.2) is 0 Å². The van der Waals surface area contributed by atoms with E-state index in [1.54, 1.807) is 30.8 Å². The van der Waals surface area contributed by atoms with Crippen LogP contribution < -0.4 is 21.6 Å². The van der Waals surface area contributed by atoms with E-state index in [4.69, 9.17) is 11.6 Å². The Morgan fingerprint density at radius 2 is 2.13 bits per heavy atom. The third kappa shape index (κ3) is 6.15. The Labute approximate surface area is 232 Å². The van der Waals surface area contributed by atoms with Crippen molar-refractivity contribution in [2.75, 3.05) is 17.2 Å². The fraction of sp³-hybridized carbons (Fsp3) is 0.393. The van der Waals surface area contributed by atoms with E-state index in [0.29, 0.717) is 63.5 Å². The summed E-state index contributed by atoms with van der Waals surface area (Å²) in [6.45, 7) is 12.9. The lowest BCUT2D eigenvalue weighted by molar-refractivity contribution is 0.00912. The number of alkyl halides is 2. The van der Waals surface area contributed by atoms with Gasteiger partial charge >= 0.3 is 0 Å². The zero-order valence-corrected chi connectivity index (χ0v) is 23.2. The molecular weight excluding hydrogens is 522 g/mol. The van der Waals surface area contributed by atoms with Crippen LogP contribution in [0.5, 0.6) is 0 Å². The normalized spacial score (nSPS) is 17.4. The summed E-state index contributed by atoms with van der Waals surface area (Å²) in [7, 11) is 0. The van der Waals surface area contributed by atoms with Crippen molar-refractivity contribution in [3.05, 3.63) is 65.2 Å². The molecule has 11 heteroatoms. The average molecular weight is 555 g/mol. The van der Waals surface area contributed by atoms with Crippen molar-refractivity contribution in [1.82, 2.24) is 21.0 Å². The molecule has 0 spiro atoms. The number of aliphatic imine (C=N–C) groups is 1. The third-order valence-electron chi connectivity index (χ3n) is 6.55. The van der Waals surface area contributed by atoms with Gasteiger partial charge in [-0.2, -0.15) is 5.26 Å². The molecule has 0 amide bonds. The van der Waals surface area contributed by atoms with E-state index in [2.05, 4.69) is 65.0 Å². The van der Waals surface area contributed by atoms with Crippen molar-refractivity contribution < 1.29 is 8.78 Å². The van der Waals surface area contributed by atoms with Crippen molar-refractivity contribution in [2.45, 2.75) is 58.5 Å². The minimum Gasteiger partial charge on any atom is -0.383 e. The summed E-state index contributed by atoms with van der Waals surface area (Å²) in [6, 6.07) is 5.25. The van der Waals surface area contributed by atoms with Gasteiger partial charge in [-0.25, -0.2) is 8.78 Å². The SMILES string of the molecule is C=C(C=N/C=C\C)[C@H](Nc1cc(Cl)c2ncc(C#N)c(NCC(C)(C)C)c2c1)C1=CN(C2(C(F)F)CC2)NN1. The third-order valence-corrected chi connectivity index (χ3v) is 6.83. The van der Waals surface area contributed by atoms with Crippen molar-refractivity contribution in [3.8, 4) is 6.07 Å². The Kier molecular flexibility index (Phi) is 8.14. The molecule has 1 fully saturated rings. The van der Waals surface area contributed by atoms with Gasteiger partial charge in [-0.05, 0) is 42.9 Å². The van der Waals surface area contributed by atoms with Crippen LogP contribution in [0.2, 0.25) is 5.02 Å². The highest BCUT2D eigenvalue weighted by Gasteiger charge is 2.56. The summed E-state index contributed by atoms with van der Waals surface area (Å²) in [4.78, 5) is 8.67. The van der Waals surface area contributed by atoms with E-state index < -0.39 is 18.0 Å². The highest BCUT2D eigenvalue weighted by atomic mass is 35.5. The van der Waals surface area contributed by atoms with E-state index in [-0.39, 0.29) is 5.41 Å². The molecule has 0 saturated heterocycles. The number of pyridine rings is 1. The molecule has 0 radical (unpaired) electrons. The molecule has 2 aromatic rings. The molecule has 1 atom stereocenters. The predicted octanol–water partition coefficient (Wildman–Crippen LogP) is 6.12. The van der Waals surface area contributed by atoms with Crippen molar-refractivity contribution in [3.63, 3.8) is 0 Å². The number of benzene rings is 1. The first-order valence-corrected chi connectivity index (χ1v) is 13.0. The van der Waals surface area contributed by atoms with E-state index in [1.807, 2.05) is 13.0 Å². The Hall–Kier alpha value is -3.68. The first-order chi connectivity index (χ1) is 18.5. The molecule has 1 saturated carbocycles. The van der Waals surface area contributed by atoms with E-state index in [1.165, 1.54) is 11.2 Å². The highest BCUT2D eigenvalue weighted by molar-refractivity contribution is 6.35. The Morgan fingerprint density at radius 1 is 1.38 bits per heavy atom. The van der Waals surface area contributed by atoms with Crippen molar-refractivity contribution in [1.29, 1.82) is 5.26 Å². The van der Waals surface area contributed by atoms with Crippen LogP contribution in [0.3, 0.4) is 0 Å². The maximum absolute atomic E-state index is 13.7. The molecule has 2 heterocycles. The fourth-order valence-corrected chi connectivity index (χ4v) is 4.48. The maximum Gasteiger partial charge on any atom is 0.262 e. The zero-order valence-electron chi connectivity index (χ0n) is 22.4. The monoisotopic (exact) mass is 554 g/mol. The van der Waals surface area contributed by atoms with Crippen LogP contribution in [-0.4, -0.2) is 40.8 Å². The summed E-state index contributed by atoms with van der Waals surface area (Å²) in [5.41, 5.74) is 8.03. The quantitative estimate of drug-likeness (QED) is 0.262. The van der Waals surface area contributed by atoms with Gasteiger partial charge in [0.2, 0.25) is 0 Å². The second-order valence-corrected chi connectivity index (χ2v) is 11.3. The summed E-state index contributed by atoms with van der Waals surface area (Å²) >= 11 is 6.67. The maximum atomic E-state index is 13.7. The molecule has 1 aliphatic heterocycles. The van der Waals surface area contributed by atoms with Gasteiger partial charge in [0.1, 0.15) is 11.6 Å². The van der Waals surface area contributed by atoms with Crippen LogP contribution in [0.25, 0.3) is 10.9 Å². The molecule has 39 heavy (non-hydrogen) atoms. The van der Waals surface area contributed by atoms with Crippen LogP contribution >= 0.6 is 11.6 Å². The number of anilines is 2. The van der Waals surface area contributed by atoms with Gasteiger partial charge in [-0.15, -0.1) is 5.53 Å². The number of nitrogens with one attached hydrogen (secondary N) is 4. The number of aromatic nitrogens is 1. The van der Waals surface area contributed by atoms with Crippen LogP contribution in [0.15, 0.2) is 59.6 Å². The summed E-state index contributed by atoms with van der Waals surface area (Å²) < 4.78 is 27.5. The summed E-state index contributed by atoms with van der Waals surface area (Å²) in [6.07, 6.45) is 6.47. The van der Waals surface area contributed by atoms with E-state index >= 15 is 0 Å². The highest BCUT2D eigenvalue weighted by Crippen LogP contribution is 2.47. The van der Waals surface area contributed by atoms with Gasteiger partial charge in [0.25, 0.3) is 6.43 Å². The van der Waals surface area contributed by atoms with E-state index in [9.17, 15) is 14.0 Å². The average Bonchev–Trinajstić information content (AvgIpc) is 3.56. The molecular formula is C28H33ClF2N8. The molecule has 0 bridgehead atoms. The number of nitrogens with zero attached hydrogens (tertiary/aromatic N) is 4. The van der Waals surface area contributed by atoms with E-state index in [0.717, 1.165) is 0 Å². The second-order valence-electron chi connectivity index (χ2n) is 10.9. The number of hydrazine groups is 2. The number of fused-ring (bicyclic) bond motifs is 1. The molecule has 8 nitrogen and oxygen atoms in total. The minimum atomic E-state index is -2.49. The van der Waals surface area contributed by atoms with Crippen LogP contribution in [0.4, 0.5) is 20.2 Å². The molecule has 0 unspecified atom stereocenters. The number of allylic oxidation sites excluding steroid dienone is 1. The Balaban J connectivity index is 1.73. The number of rotatable bonds is 10. The Bertz CT molecular complexity index is 1380. The van der Waals surface area contributed by atoms with Crippen molar-refractivity contribution >= 4 is 40.1 Å². The zero-order chi connectivity index (χ0) is 28.4. The lowest BCUT2D eigenvalue weighted by Crippen LogP contribution is -2.48. The first-order valence-electron chi connectivity index (χ1n) is 12.7. The molecule has 1 aliphatic carbocycles. The molecule has 4 N–H and O–H groups in total. The molecule has 4 rings (SSSR count). The molecule has 2 aliphatic rings. The summed E-state index contributed by atoms with van der Waals surface area (Å²) in [5, 5.41) is 19.1. The smallest absolute Gasteiger partial charge is 0.262 e. The van der Waals surface area contributed by atoms with Crippen LogP contribution in [0, 0.1) is 16.7 Å². The molecule has 1 aromatic heterocycles. The van der Waals surface area contributed by atoms with Crippen LogP contribution in [0.1, 0.15) is 46.1 Å². The standard InChI is InChI=1S/C28H33ClF2N8/c1-6-9-33-13-17(2)23(22-15-39(38-37-22)28(7-8-28)26(30)31)36-19-10-20-24(35-16-27(3,4)5)18(12-32)14-34-25(20)21(29)11-19/h6,9-11,13-15,23,26,36-38H,2,7-8,16H2,1,3-5H3,(H,34,35)/b9-6-,33-13?/t23-/m0/s1.